The number of hydrogen-bond donors (Lipinski definition) is 2. The number of thiophene rings is 1. The molecular weight excluding hydrogens is 292 g/mol. The maximum atomic E-state index is 12.3. The minimum atomic E-state index is -3.35. The van der Waals surface area contributed by atoms with Gasteiger partial charge in [0.15, 0.2) is 0 Å². The molecule has 0 aliphatic heterocycles. The lowest BCUT2D eigenvalue weighted by atomic mass is 10.1. The predicted molar refractivity (Wildman–Crippen MR) is 83.5 cm³/mol. The van der Waals surface area contributed by atoms with Crippen LogP contribution in [0.25, 0.3) is 0 Å². The highest BCUT2D eigenvalue weighted by atomic mass is 32.2. The topological polar surface area (TPSA) is 58.2 Å². The fourth-order valence-corrected chi connectivity index (χ4v) is 5.17. The summed E-state index contributed by atoms with van der Waals surface area (Å²) in [6.45, 7) is 4.03. The lowest BCUT2D eigenvalue weighted by Crippen LogP contribution is -2.27. The van der Waals surface area contributed by atoms with E-state index < -0.39 is 10.0 Å². The van der Waals surface area contributed by atoms with Gasteiger partial charge in [0.2, 0.25) is 10.0 Å². The molecule has 1 heterocycles. The Labute approximate surface area is 126 Å². The molecule has 1 aliphatic carbocycles. The Bertz CT molecular complexity index is 505. The second-order valence-electron chi connectivity index (χ2n) is 5.33. The molecule has 20 heavy (non-hydrogen) atoms. The molecule has 4 nitrogen and oxygen atoms in total. The first-order chi connectivity index (χ1) is 9.63. The van der Waals surface area contributed by atoms with Crippen molar-refractivity contribution in [1.82, 2.24) is 10.0 Å². The maximum Gasteiger partial charge on any atom is 0.241 e. The zero-order valence-electron chi connectivity index (χ0n) is 12.0. The average Bonchev–Trinajstić information content (AvgIpc) is 3.07. The van der Waals surface area contributed by atoms with Gasteiger partial charge in [-0.3, -0.25) is 0 Å². The van der Waals surface area contributed by atoms with Crippen LogP contribution in [-0.2, 0) is 16.6 Å². The van der Waals surface area contributed by atoms with Crippen molar-refractivity contribution in [2.45, 2.75) is 50.5 Å². The fraction of sp³-hybridized carbons (Fsp3) is 0.714. The van der Waals surface area contributed by atoms with Crippen molar-refractivity contribution in [1.29, 1.82) is 0 Å². The molecule has 1 aromatic rings. The molecular formula is C14H24N2O2S2. The first-order valence-corrected chi connectivity index (χ1v) is 9.76. The number of sulfonamides is 1. The minimum absolute atomic E-state index is 0.440. The van der Waals surface area contributed by atoms with Gasteiger partial charge < -0.3 is 5.32 Å². The van der Waals surface area contributed by atoms with E-state index in [0.29, 0.717) is 23.9 Å². The van der Waals surface area contributed by atoms with Gasteiger partial charge in [0.1, 0.15) is 0 Å². The van der Waals surface area contributed by atoms with E-state index in [1.54, 1.807) is 6.07 Å². The maximum absolute atomic E-state index is 12.3. The number of rotatable bonds is 8. The Morgan fingerprint density at radius 3 is 2.80 bits per heavy atom. The van der Waals surface area contributed by atoms with Crippen molar-refractivity contribution in [2.24, 2.45) is 5.92 Å². The van der Waals surface area contributed by atoms with Crippen LogP contribution in [-0.4, -0.2) is 21.5 Å². The van der Waals surface area contributed by atoms with Crippen LogP contribution >= 0.6 is 11.3 Å². The van der Waals surface area contributed by atoms with Crippen LogP contribution in [0.1, 0.15) is 43.9 Å². The van der Waals surface area contributed by atoms with Gasteiger partial charge >= 0.3 is 0 Å². The van der Waals surface area contributed by atoms with Gasteiger partial charge in [-0.2, -0.15) is 0 Å². The number of hydrogen-bond acceptors (Lipinski definition) is 4. The van der Waals surface area contributed by atoms with E-state index in [2.05, 4.69) is 10.0 Å². The van der Waals surface area contributed by atoms with Crippen molar-refractivity contribution in [3.05, 3.63) is 16.3 Å². The predicted octanol–water partition coefficient (Wildman–Crippen LogP) is 2.72. The van der Waals surface area contributed by atoms with E-state index >= 15 is 0 Å². The standard InChI is InChI=1S/C14H24N2O2S2/c1-2-15-11-13-14(8-10-19-13)20(17,18)16-9-7-12-5-3-4-6-12/h8,10,12,15-16H,2-7,9,11H2,1H3. The molecule has 2 N–H and O–H groups in total. The Morgan fingerprint density at radius 2 is 2.10 bits per heavy atom. The second kappa shape index (κ2) is 7.54. The van der Waals surface area contributed by atoms with Crippen LogP contribution in [0, 0.1) is 5.92 Å². The van der Waals surface area contributed by atoms with Gasteiger partial charge in [-0.25, -0.2) is 13.1 Å². The first-order valence-electron chi connectivity index (χ1n) is 7.40. The van der Waals surface area contributed by atoms with Crippen LogP contribution in [0.2, 0.25) is 0 Å². The molecule has 0 atom stereocenters. The van der Waals surface area contributed by atoms with E-state index in [9.17, 15) is 8.42 Å². The second-order valence-corrected chi connectivity index (χ2v) is 8.06. The van der Waals surface area contributed by atoms with E-state index in [1.807, 2.05) is 12.3 Å². The average molecular weight is 316 g/mol. The SMILES string of the molecule is CCNCc1sccc1S(=O)(=O)NCCC1CCCC1. The summed E-state index contributed by atoms with van der Waals surface area (Å²) >= 11 is 1.49. The van der Waals surface area contributed by atoms with Crippen molar-refractivity contribution < 1.29 is 8.42 Å². The summed E-state index contributed by atoms with van der Waals surface area (Å²) < 4.78 is 27.4. The zero-order chi connectivity index (χ0) is 14.4. The molecule has 1 aromatic heterocycles. The van der Waals surface area contributed by atoms with Gasteiger partial charge in [-0.15, -0.1) is 11.3 Å². The van der Waals surface area contributed by atoms with Gasteiger partial charge in [0, 0.05) is 18.0 Å². The molecule has 2 rings (SSSR count). The third-order valence-corrected chi connectivity index (χ3v) is 6.44. The molecule has 1 aliphatic rings. The summed E-state index contributed by atoms with van der Waals surface area (Å²) in [7, 11) is -3.35. The first kappa shape index (κ1) is 15.9. The van der Waals surface area contributed by atoms with Gasteiger partial charge in [0.05, 0.1) is 4.90 Å². The van der Waals surface area contributed by atoms with Crippen LogP contribution in [0.3, 0.4) is 0 Å². The molecule has 0 bridgehead atoms. The van der Waals surface area contributed by atoms with Gasteiger partial charge in [-0.05, 0) is 30.3 Å². The molecule has 0 amide bonds. The Kier molecular flexibility index (Phi) is 6.01. The normalized spacial score (nSPS) is 16.9. The highest BCUT2D eigenvalue weighted by molar-refractivity contribution is 7.89. The molecule has 0 radical (unpaired) electrons. The van der Waals surface area contributed by atoms with Crippen LogP contribution in [0.5, 0.6) is 0 Å². The fourth-order valence-electron chi connectivity index (χ4n) is 2.71. The highest BCUT2D eigenvalue weighted by Crippen LogP contribution is 2.27. The molecule has 114 valence electrons. The Hall–Kier alpha value is -0.430. The summed E-state index contributed by atoms with van der Waals surface area (Å²) in [5, 5.41) is 5.03. The van der Waals surface area contributed by atoms with Crippen molar-refractivity contribution >= 4 is 21.4 Å². The molecule has 0 spiro atoms. The van der Waals surface area contributed by atoms with Crippen molar-refractivity contribution in [3.8, 4) is 0 Å². The summed E-state index contributed by atoms with van der Waals surface area (Å²) in [5.41, 5.74) is 0. The van der Waals surface area contributed by atoms with Gasteiger partial charge in [-0.1, -0.05) is 32.6 Å². The van der Waals surface area contributed by atoms with Crippen molar-refractivity contribution in [2.75, 3.05) is 13.1 Å². The molecule has 0 unspecified atom stereocenters. The summed E-state index contributed by atoms with van der Waals surface area (Å²) in [6, 6.07) is 1.70. The summed E-state index contributed by atoms with van der Waals surface area (Å²) in [6.07, 6.45) is 6.08. The van der Waals surface area contributed by atoms with Crippen LogP contribution < -0.4 is 10.0 Å². The monoisotopic (exact) mass is 316 g/mol. The lowest BCUT2D eigenvalue weighted by Gasteiger charge is -2.11. The van der Waals surface area contributed by atoms with Crippen molar-refractivity contribution in [3.63, 3.8) is 0 Å². The van der Waals surface area contributed by atoms with Crippen LogP contribution in [0.4, 0.5) is 0 Å². The molecule has 1 saturated carbocycles. The molecule has 6 heteroatoms. The third kappa shape index (κ3) is 4.28. The lowest BCUT2D eigenvalue weighted by molar-refractivity contribution is 0.495. The largest absolute Gasteiger partial charge is 0.312 e. The van der Waals surface area contributed by atoms with Crippen LogP contribution in [0.15, 0.2) is 16.3 Å². The molecule has 1 fully saturated rings. The molecule has 0 saturated heterocycles. The van der Waals surface area contributed by atoms with E-state index in [0.717, 1.165) is 17.8 Å². The smallest absolute Gasteiger partial charge is 0.241 e. The Balaban J connectivity index is 1.90. The Morgan fingerprint density at radius 1 is 1.35 bits per heavy atom. The summed E-state index contributed by atoms with van der Waals surface area (Å²) in [5.74, 6) is 0.710. The van der Waals surface area contributed by atoms with Gasteiger partial charge in [0.25, 0.3) is 0 Å². The quantitative estimate of drug-likeness (QED) is 0.775. The number of nitrogens with one attached hydrogen (secondary N) is 2. The highest BCUT2D eigenvalue weighted by Gasteiger charge is 2.20. The minimum Gasteiger partial charge on any atom is -0.312 e. The third-order valence-electron chi connectivity index (χ3n) is 3.85. The molecule has 0 aromatic carbocycles. The van der Waals surface area contributed by atoms with E-state index in [4.69, 9.17) is 0 Å². The van der Waals surface area contributed by atoms with E-state index in [-0.39, 0.29) is 0 Å². The zero-order valence-corrected chi connectivity index (χ0v) is 13.7. The van der Waals surface area contributed by atoms with E-state index in [1.165, 1.54) is 37.0 Å². The summed E-state index contributed by atoms with van der Waals surface area (Å²) in [4.78, 5) is 1.33.